The van der Waals surface area contributed by atoms with Gasteiger partial charge in [-0.05, 0) is 37.5 Å². The molecule has 1 aliphatic heterocycles. The second-order valence-corrected chi connectivity index (χ2v) is 8.02. The van der Waals surface area contributed by atoms with Gasteiger partial charge in [0.05, 0.1) is 18.0 Å². The highest BCUT2D eigenvalue weighted by molar-refractivity contribution is 7.99. The van der Waals surface area contributed by atoms with Crippen molar-refractivity contribution >= 4 is 17.7 Å². The zero-order valence-electron chi connectivity index (χ0n) is 15.8. The molecule has 2 heterocycles. The summed E-state index contributed by atoms with van der Waals surface area (Å²) >= 11 is 1.42. The number of amides is 1. The number of benzene rings is 1. The quantitative estimate of drug-likeness (QED) is 0.753. The van der Waals surface area contributed by atoms with Crippen molar-refractivity contribution in [2.75, 3.05) is 18.8 Å². The molecule has 1 aliphatic rings. The van der Waals surface area contributed by atoms with Gasteiger partial charge in [-0.3, -0.25) is 9.36 Å². The van der Waals surface area contributed by atoms with Crippen LogP contribution in [0, 0.1) is 0 Å². The predicted octanol–water partition coefficient (Wildman–Crippen LogP) is 3.12. The first-order valence-corrected chi connectivity index (χ1v) is 9.99. The van der Waals surface area contributed by atoms with Crippen molar-refractivity contribution in [2.24, 2.45) is 0 Å². The van der Waals surface area contributed by atoms with Gasteiger partial charge in [-0.1, -0.05) is 37.7 Å². The van der Waals surface area contributed by atoms with E-state index < -0.39 is 0 Å². The Morgan fingerprint density at radius 1 is 1.23 bits per heavy atom. The van der Waals surface area contributed by atoms with Gasteiger partial charge in [0.25, 0.3) is 0 Å². The molecule has 0 spiro atoms. The second-order valence-electron chi connectivity index (χ2n) is 7.07. The van der Waals surface area contributed by atoms with E-state index in [1.165, 1.54) is 17.3 Å². The van der Waals surface area contributed by atoms with Crippen molar-refractivity contribution in [2.45, 2.75) is 51.0 Å². The number of carbonyl (C=O) groups is 1. The van der Waals surface area contributed by atoms with Gasteiger partial charge in [-0.2, -0.15) is 0 Å². The lowest BCUT2D eigenvalue weighted by Crippen LogP contribution is -2.48. The smallest absolute Gasteiger partial charge is 0.233 e. The molecule has 0 N–H and O–H groups in total. The first-order valence-electron chi connectivity index (χ1n) is 9.00. The van der Waals surface area contributed by atoms with Crippen LogP contribution in [0.4, 0.5) is 0 Å². The molecule has 1 aromatic carbocycles. The van der Waals surface area contributed by atoms with E-state index in [9.17, 15) is 4.79 Å². The van der Waals surface area contributed by atoms with Crippen LogP contribution in [0.25, 0.3) is 5.69 Å². The summed E-state index contributed by atoms with van der Waals surface area (Å²) in [7, 11) is 0. The molecule has 0 radical (unpaired) electrons. The number of rotatable bonds is 5. The van der Waals surface area contributed by atoms with Crippen LogP contribution in [0.2, 0.25) is 0 Å². The van der Waals surface area contributed by atoms with E-state index in [-0.39, 0.29) is 18.1 Å². The van der Waals surface area contributed by atoms with E-state index in [2.05, 4.69) is 48.3 Å². The van der Waals surface area contributed by atoms with Crippen molar-refractivity contribution in [3.05, 3.63) is 36.2 Å². The summed E-state index contributed by atoms with van der Waals surface area (Å²) < 4.78 is 7.62. The van der Waals surface area contributed by atoms with Crippen molar-refractivity contribution in [1.82, 2.24) is 19.7 Å². The average molecular weight is 375 g/mol. The minimum absolute atomic E-state index is 0.0795. The molecule has 26 heavy (non-hydrogen) atoms. The first-order chi connectivity index (χ1) is 12.4. The average Bonchev–Trinajstić information content (AvgIpc) is 3.07. The fourth-order valence-electron chi connectivity index (χ4n) is 3.12. The highest BCUT2D eigenvalue weighted by Crippen LogP contribution is 2.22. The van der Waals surface area contributed by atoms with Crippen molar-refractivity contribution in [3.8, 4) is 5.69 Å². The van der Waals surface area contributed by atoms with Gasteiger partial charge in [0.1, 0.15) is 6.33 Å². The second kappa shape index (κ2) is 8.22. The Kier molecular flexibility index (Phi) is 5.98. The maximum Gasteiger partial charge on any atom is 0.233 e. The Bertz CT molecular complexity index is 734. The Morgan fingerprint density at radius 2 is 1.88 bits per heavy atom. The van der Waals surface area contributed by atoms with Crippen LogP contribution in [-0.4, -0.2) is 56.6 Å². The number of carbonyl (C=O) groups excluding carboxylic acids is 1. The Morgan fingerprint density at radius 3 is 2.50 bits per heavy atom. The topological polar surface area (TPSA) is 60.2 Å². The fourth-order valence-corrected chi connectivity index (χ4v) is 3.95. The number of morpholine rings is 1. The SMILES string of the molecule is CC1CN(C(=O)CSc2nncn2-c2ccc(C(C)C)cc2)CC(C)O1. The molecule has 1 amide bonds. The summed E-state index contributed by atoms with van der Waals surface area (Å²) in [6.45, 7) is 9.64. The van der Waals surface area contributed by atoms with Gasteiger partial charge in [0.15, 0.2) is 5.16 Å². The highest BCUT2D eigenvalue weighted by Gasteiger charge is 2.26. The van der Waals surface area contributed by atoms with Gasteiger partial charge in [0, 0.05) is 18.8 Å². The molecule has 6 nitrogen and oxygen atoms in total. The largest absolute Gasteiger partial charge is 0.372 e. The van der Waals surface area contributed by atoms with Crippen LogP contribution in [0.5, 0.6) is 0 Å². The maximum absolute atomic E-state index is 12.5. The highest BCUT2D eigenvalue weighted by atomic mass is 32.2. The van der Waals surface area contributed by atoms with E-state index >= 15 is 0 Å². The molecule has 0 saturated carbocycles. The van der Waals surface area contributed by atoms with Gasteiger partial charge < -0.3 is 9.64 Å². The predicted molar refractivity (Wildman–Crippen MR) is 103 cm³/mol. The van der Waals surface area contributed by atoms with Crippen molar-refractivity contribution < 1.29 is 9.53 Å². The number of nitrogens with zero attached hydrogens (tertiary/aromatic N) is 4. The fraction of sp³-hybridized carbons (Fsp3) is 0.526. The molecule has 1 fully saturated rings. The monoisotopic (exact) mass is 374 g/mol. The number of ether oxygens (including phenoxy) is 1. The molecular weight excluding hydrogens is 348 g/mol. The van der Waals surface area contributed by atoms with Crippen LogP contribution in [0.3, 0.4) is 0 Å². The number of thioether (sulfide) groups is 1. The lowest BCUT2D eigenvalue weighted by molar-refractivity contribution is -0.140. The van der Waals surface area contributed by atoms with Crippen LogP contribution in [0.1, 0.15) is 39.2 Å². The third-order valence-corrected chi connectivity index (χ3v) is 5.38. The standard InChI is InChI=1S/C19H26N4O2S/c1-13(2)16-5-7-17(8-6-16)23-12-20-21-19(23)26-11-18(24)22-9-14(3)25-15(4)10-22/h5-8,12-15H,9-11H2,1-4H3. The minimum atomic E-state index is 0.0795. The Balaban J connectivity index is 1.64. The van der Waals surface area contributed by atoms with Crippen molar-refractivity contribution in [3.63, 3.8) is 0 Å². The van der Waals surface area contributed by atoms with E-state index in [1.54, 1.807) is 6.33 Å². The zero-order valence-corrected chi connectivity index (χ0v) is 16.6. The van der Waals surface area contributed by atoms with Gasteiger partial charge in [0.2, 0.25) is 5.91 Å². The molecule has 2 unspecified atom stereocenters. The molecule has 0 aliphatic carbocycles. The van der Waals surface area contributed by atoms with E-state index in [0.29, 0.717) is 24.8 Å². The molecule has 1 aromatic heterocycles. The van der Waals surface area contributed by atoms with Gasteiger partial charge >= 0.3 is 0 Å². The van der Waals surface area contributed by atoms with Crippen LogP contribution in [0.15, 0.2) is 35.7 Å². The maximum atomic E-state index is 12.5. The molecule has 140 valence electrons. The van der Waals surface area contributed by atoms with E-state index in [0.717, 1.165) is 10.8 Å². The van der Waals surface area contributed by atoms with Crippen LogP contribution in [-0.2, 0) is 9.53 Å². The zero-order chi connectivity index (χ0) is 18.7. The van der Waals surface area contributed by atoms with Gasteiger partial charge in [-0.15, -0.1) is 10.2 Å². The Hall–Kier alpha value is -1.86. The van der Waals surface area contributed by atoms with Crippen LogP contribution >= 0.6 is 11.8 Å². The summed E-state index contributed by atoms with van der Waals surface area (Å²) in [6, 6.07) is 8.37. The third-order valence-electron chi connectivity index (χ3n) is 4.45. The Labute approximate surface area is 158 Å². The normalized spacial score (nSPS) is 20.6. The first kappa shape index (κ1) is 18.9. The molecule has 1 saturated heterocycles. The molecule has 0 bridgehead atoms. The molecule has 2 aromatic rings. The van der Waals surface area contributed by atoms with E-state index in [1.807, 2.05) is 23.3 Å². The third kappa shape index (κ3) is 4.45. The molecular formula is C19H26N4O2S. The molecule has 3 rings (SSSR count). The minimum Gasteiger partial charge on any atom is -0.372 e. The molecule has 2 atom stereocenters. The summed E-state index contributed by atoms with van der Waals surface area (Å²) in [5.41, 5.74) is 2.30. The summed E-state index contributed by atoms with van der Waals surface area (Å²) in [4.78, 5) is 14.4. The summed E-state index contributed by atoms with van der Waals surface area (Å²) in [5, 5.41) is 8.92. The number of hydrogen-bond donors (Lipinski definition) is 0. The molecule has 7 heteroatoms. The lowest BCUT2D eigenvalue weighted by atomic mass is 10.0. The van der Waals surface area contributed by atoms with Crippen LogP contribution < -0.4 is 0 Å². The van der Waals surface area contributed by atoms with Gasteiger partial charge in [-0.25, -0.2) is 0 Å². The summed E-state index contributed by atoms with van der Waals surface area (Å²) in [5.74, 6) is 0.957. The summed E-state index contributed by atoms with van der Waals surface area (Å²) in [6.07, 6.45) is 1.85. The van der Waals surface area contributed by atoms with E-state index in [4.69, 9.17) is 4.74 Å². The number of hydrogen-bond acceptors (Lipinski definition) is 5. The lowest BCUT2D eigenvalue weighted by Gasteiger charge is -2.35. The van der Waals surface area contributed by atoms with Crippen molar-refractivity contribution in [1.29, 1.82) is 0 Å². The number of aromatic nitrogens is 3.